The first-order valence-corrected chi connectivity index (χ1v) is 24.3. The van der Waals surface area contributed by atoms with E-state index in [-0.39, 0.29) is 80.2 Å². The Bertz CT molecular complexity index is 1290. The van der Waals surface area contributed by atoms with Crippen LogP contribution >= 0.6 is 27.4 Å². The van der Waals surface area contributed by atoms with Gasteiger partial charge in [-0.2, -0.15) is 0 Å². The summed E-state index contributed by atoms with van der Waals surface area (Å²) in [5, 5.41) is 0. The number of halogens is 1. The molecule has 6 unspecified atom stereocenters. The Balaban J connectivity index is 0.000000170. The molecule has 13 nitrogen and oxygen atoms in total. The topological polar surface area (TPSA) is 108 Å². The second-order valence-corrected chi connectivity index (χ2v) is 21.0. The van der Waals surface area contributed by atoms with Gasteiger partial charge >= 0.3 is 0 Å². The molecule has 0 aromatic rings. The van der Waals surface area contributed by atoms with E-state index in [4.69, 9.17) is 65.0 Å². The molecule has 18 heteroatoms. The first-order valence-electron chi connectivity index (χ1n) is 20.2. The van der Waals surface area contributed by atoms with Crippen molar-refractivity contribution >= 4 is 43.7 Å². The first kappa shape index (κ1) is 36.3. The minimum atomic E-state index is -2.86. The van der Waals surface area contributed by atoms with Crippen LogP contribution in [0.25, 0.3) is 0 Å². The van der Waals surface area contributed by atoms with E-state index in [2.05, 4.69) is 37.0 Å². The molecule has 7 aliphatic heterocycles. The minimum absolute atomic E-state index is 0.00338. The second-order valence-electron chi connectivity index (χ2n) is 16.0. The van der Waals surface area contributed by atoms with E-state index in [1.165, 1.54) is 0 Å². The van der Waals surface area contributed by atoms with Crippen LogP contribution in [0.15, 0.2) is 0 Å². The average Bonchev–Trinajstić information content (AvgIpc) is 3.98. The summed E-state index contributed by atoms with van der Waals surface area (Å²) in [6.07, 6.45) is 7.22. The highest BCUT2D eigenvalue weighted by molar-refractivity contribution is 7.78. The normalized spacial score (nSPS) is 47.2. The summed E-state index contributed by atoms with van der Waals surface area (Å²) >= 11 is 6.40. The minimum Gasteiger partial charge on any atom is -0.427 e. The fourth-order valence-corrected chi connectivity index (χ4v) is 13.4. The zero-order chi connectivity index (χ0) is 37.3. The molecule has 0 aromatic heterocycles. The largest absolute Gasteiger partial charge is 0.427 e. The van der Waals surface area contributed by atoms with Gasteiger partial charge in [0.1, 0.15) is 59.0 Å². The third-order valence-electron chi connectivity index (χ3n) is 11.5. The molecule has 7 heterocycles. The summed E-state index contributed by atoms with van der Waals surface area (Å²) in [5.41, 5.74) is 0. The van der Waals surface area contributed by atoms with Gasteiger partial charge in [-0.05, 0) is 72.9 Å². The van der Waals surface area contributed by atoms with Crippen LogP contribution in [0.1, 0.15) is 92.4 Å². The summed E-state index contributed by atoms with van der Waals surface area (Å²) in [4.78, 5) is 0. The summed E-state index contributed by atoms with van der Waals surface area (Å²) in [7, 11) is -4.17. The number of ether oxygens (including phenoxy) is 7. The number of rotatable bonds is 8. The van der Waals surface area contributed by atoms with Crippen molar-refractivity contribution in [2.75, 3.05) is 19.7 Å². The molecule has 9 aliphatic rings. The molecule has 0 amide bonds. The molecule has 14 atom stereocenters. The monoisotopic (exact) mass is 796 g/mol. The summed E-state index contributed by atoms with van der Waals surface area (Å²) in [6, 6.07) is 0.576. The third kappa shape index (κ3) is 7.93. The van der Waals surface area contributed by atoms with Gasteiger partial charge < -0.3 is 51.2 Å². The van der Waals surface area contributed by atoms with E-state index in [9.17, 15) is 0 Å². The van der Waals surface area contributed by atoms with Gasteiger partial charge in [-0.15, -0.1) is 0 Å². The zero-order valence-corrected chi connectivity index (χ0v) is 34.3. The summed E-state index contributed by atoms with van der Waals surface area (Å²) in [5.74, 6) is -0.908. The van der Waals surface area contributed by atoms with E-state index >= 15 is 0 Å². The number of fused-ring (bicyclic) bond motifs is 6. The highest BCUT2D eigenvalue weighted by Gasteiger charge is 2.63. The molecule has 1 radical (unpaired) electrons. The smallest absolute Gasteiger partial charge is 0.259 e. The van der Waals surface area contributed by atoms with E-state index in [1.54, 1.807) is 6.55 Å². The molecule has 9 rings (SSSR count). The molecule has 2 spiro atoms. The van der Waals surface area contributed by atoms with Gasteiger partial charge in [-0.3, -0.25) is 0 Å². The fraction of sp³-hybridized carbons (Fsp3) is 1.00. The Morgan fingerprint density at radius 2 is 1.41 bits per heavy atom. The molecular weight excluding hydrogens is 737 g/mol. The SMILES string of the molecule is CC(C)N1C[C@H]2O[C@@H]3OC4(CCCC4)O[C@@H]3[C@H]2OP1Cl.[2H][Si](C)([B][3H])OCC1OC(C)CC1OP1O[C@@H]2[C@H]3OC4(CCCC4)O[C@H]3O[C@@H]2CN1C(C)C. The Morgan fingerprint density at radius 3 is 1.96 bits per heavy atom. The lowest BCUT2D eigenvalue weighted by molar-refractivity contribution is -0.231. The highest BCUT2D eigenvalue weighted by Crippen LogP contribution is 2.59. The summed E-state index contributed by atoms with van der Waals surface area (Å²) in [6.45, 7) is 14.0. The van der Waals surface area contributed by atoms with Crippen LogP contribution in [0.4, 0.5) is 0 Å². The van der Waals surface area contributed by atoms with E-state index in [0.29, 0.717) is 12.6 Å². The van der Waals surface area contributed by atoms with Crippen LogP contribution < -0.4 is 0 Å². The highest BCUT2D eigenvalue weighted by atomic mass is 35.7. The number of hydrogen-bond acceptors (Lipinski definition) is 13. The third-order valence-corrected chi connectivity index (χ3v) is 16.3. The van der Waals surface area contributed by atoms with Crippen LogP contribution in [0.3, 0.4) is 0 Å². The van der Waals surface area contributed by atoms with Gasteiger partial charge in [0.05, 0.1) is 18.8 Å². The van der Waals surface area contributed by atoms with Crippen molar-refractivity contribution in [3.8, 4) is 0 Å². The molecule has 51 heavy (non-hydrogen) atoms. The standard InChI is InChI=1S/C20H36BNO7PSi.C13H21ClNO4P/c1-12(2)22-10-15-17(18-19(25-15)27-20(26-18)7-5-6-8-20)29-30(22)28-14-9-13(3)24-16(14)11-23-31(4)21;1-8(2)15-7-9-10(19-20(15)14)11-12(16-9)18-13(17-11)5-3-4-6-13/h12-19,21,31H,5-11H2,1-4H3;8-12H,3-7H2,1-2H3/t13?,14?,15-,16?,17+,18-,19-,30?,31?;9-,10+,11-,12-,20?/m11/s1/i21T,31D;. The quantitative estimate of drug-likeness (QED) is 0.242. The Kier molecular flexibility index (Phi) is 11.2. The van der Waals surface area contributed by atoms with Crippen molar-refractivity contribution in [2.24, 2.45) is 0 Å². The maximum absolute atomic E-state index is 8.12. The van der Waals surface area contributed by atoms with E-state index in [1.807, 2.05) is 6.92 Å². The van der Waals surface area contributed by atoms with Gasteiger partial charge in [-0.1, -0.05) is 6.55 Å². The first-order chi connectivity index (χ1) is 25.3. The Hall–Kier alpha value is 0.912. The van der Waals surface area contributed by atoms with Gasteiger partial charge in [0, 0.05) is 58.5 Å². The molecule has 0 N–H and O–H groups in total. The van der Waals surface area contributed by atoms with Crippen molar-refractivity contribution < 1.29 is 51.2 Å². The van der Waals surface area contributed by atoms with Crippen molar-refractivity contribution in [2.45, 2.75) is 190 Å². The van der Waals surface area contributed by atoms with Crippen LogP contribution in [-0.2, 0) is 51.2 Å². The van der Waals surface area contributed by atoms with Crippen molar-refractivity contribution in [3.63, 3.8) is 0 Å². The molecule has 9 fully saturated rings. The number of hydrogen-bond donors (Lipinski definition) is 0. The fourth-order valence-electron chi connectivity index (χ4n) is 8.86. The maximum atomic E-state index is 8.12. The molecule has 0 bridgehead atoms. The molecular formula is C33H57BClN2O11P2Si. The van der Waals surface area contributed by atoms with E-state index in [0.717, 1.165) is 71.7 Å². The van der Waals surface area contributed by atoms with Crippen molar-refractivity contribution in [1.82, 2.24) is 9.34 Å². The van der Waals surface area contributed by atoms with Crippen molar-refractivity contribution in [1.29, 1.82) is 2.57 Å². The average molecular weight is 797 g/mol. The van der Waals surface area contributed by atoms with Crippen LogP contribution in [0.2, 0.25) is 6.55 Å². The number of nitrogens with zero attached hydrogens (tertiary/aromatic N) is 2. The second kappa shape index (κ2) is 15.7. The van der Waals surface area contributed by atoms with Gasteiger partial charge in [0.2, 0.25) is 7.65 Å². The van der Waals surface area contributed by atoms with Gasteiger partial charge in [-0.25, -0.2) is 9.34 Å². The molecule has 2 aliphatic carbocycles. The molecule has 2 saturated carbocycles. The molecule has 289 valence electrons. The van der Waals surface area contributed by atoms with Crippen molar-refractivity contribution in [3.05, 3.63) is 0 Å². The lowest BCUT2D eigenvalue weighted by Gasteiger charge is -2.43. The van der Waals surface area contributed by atoms with Gasteiger partial charge in [0.25, 0.3) is 8.53 Å². The lowest BCUT2D eigenvalue weighted by atomic mass is 10.1. The maximum Gasteiger partial charge on any atom is 0.259 e. The molecule has 0 aromatic carbocycles. The summed E-state index contributed by atoms with van der Waals surface area (Å²) < 4.78 is 88.2. The van der Waals surface area contributed by atoms with Gasteiger partial charge in [0.15, 0.2) is 24.2 Å². The predicted molar refractivity (Wildman–Crippen MR) is 195 cm³/mol. The van der Waals surface area contributed by atoms with Crippen LogP contribution in [-0.4, -0.2) is 139 Å². The lowest BCUT2D eigenvalue weighted by Crippen LogP contribution is -2.49. The Labute approximate surface area is 315 Å². The zero-order valence-electron chi connectivity index (χ0n) is 32.7. The van der Waals surface area contributed by atoms with E-state index < -0.39 is 36.6 Å². The van der Waals surface area contributed by atoms with Crippen LogP contribution in [0.5, 0.6) is 0 Å². The predicted octanol–water partition coefficient (Wildman–Crippen LogP) is 5.04. The Morgan fingerprint density at radius 1 is 0.863 bits per heavy atom. The molecule has 7 saturated heterocycles. The van der Waals surface area contributed by atoms with Crippen LogP contribution in [0, 0.1) is 0 Å².